The Morgan fingerprint density at radius 3 is 2.54 bits per heavy atom. The predicted octanol–water partition coefficient (Wildman–Crippen LogP) is 5.40. The van der Waals surface area contributed by atoms with E-state index >= 15 is 0 Å². The van der Waals surface area contributed by atoms with Crippen molar-refractivity contribution in [3.05, 3.63) is 47.3 Å². The first-order valence-electron chi connectivity index (χ1n) is 12.7. The zero-order valence-electron chi connectivity index (χ0n) is 20.3. The first-order valence-corrected chi connectivity index (χ1v) is 13.5. The predicted molar refractivity (Wildman–Crippen MR) is 134 cm³/mol. The van der Waals surface area contributed by atoms with Crippen LogP contribution in [0.4, 0.5) is 0 Å². The summed E-state index contributed by atoms with van der Waals surface area (Å²) < 4.78 is 19.9. The van der Waals surface area contributed by atoms with Gasteiger partial charge in [0.1, 0.15) is 6.61 Å². The zero-order chi connectivity index (χ0) is 24.4. The van der Waals surface area contributed by atoms with Crippen LogP contribution in [0.3, 0.4) is 0 Å². The van der Waals surface area contributed by atoms with Gasteiger partial charge >= 0.3 is 5.97 Å². The summed E-state index contributed by atoms with van der Waals surface area (Å²) in [5.41, 5.74) is 2.02. The van der Waals surface area contributed by atoms with Crippen molar-refractivity contribution in [1.82, 2.24) is 4.57 Å². The van der Waals surface area contributed by atoms with Gasteiger partial charge in [-0.15, -0.1) is 0 Å². The van der Waals surface area contributed by atoms with Crippen molar-refractivity contribution in [3.8, 4) is 11.5 Å². The van der Waals surface area contributed by atoms with E-state index in [2.05, 4.69) is 20.5 Å². The number of ketones is 1. The summed E-state index contributed by atoms with van der Waals surface area (Å²) in [5, 5.41) is 0. The van der Waals surface area contributed by atoms with Crippen LogP contribution in [0.5, 0.6) is 11.5 Å². The number of esters is 1. The Morgan fingerprint density at radius 1 is 1.11 bits per heavy atom. The number of benzene rings is 1. The van der Waals surface area contributed by atoms with Crippen LogP contribution in [-0.4, -0.2) is 40.0 Å². The molecule has 186 valence electrons. The monoisotopic (exact) mass is 541 g/mol. The summed E-state index contributed by atoms with van der Waals surface area (Å²) in [6, 6.07) is 9.55. The molecule has 4 saturated carbocycles. The van der Waals surface area contributed by atoms with Crippen molar-refractivity contribution in [3.63, 3.8) is 0 Å². The van der Waals surface area contributed by atoms with E-state index in [0.717, 1.165) is 55.0 Å². The molecule has 0 saturated heterocycles. The van der Waals surface area contributed by atoms with Gasteiger partial charge in [0, 0.05) is 21.3 Å². The molecule has 35 heavy (non-hydrogen) atoms. The standard InChI is InChI=1S/C28H32BrNO5/c1-17-7-22(18(2)30(17)13-21-14-33-24-5-3-4-6-25(24)35-21)23(31)15-34-26(32)27-9-19-8-20(10-27)12-28(29,11-19)16-27/h3-7,19-21H,8-16H2,1-2H3/t19-,20-,21-,27?,28?/m1/s1. The van der Waals surface area contributed by atoms with E-state index in [1.165, 1.54) is 6.42 Å². The molecule has 3 atom stereocenters. The fraction of sp³-hybridized carbons (Fsp3) is 0.571. The first kappa shape index (κ1) is 23.1. The number of aryl methyl sites for hydroxylation is 1. The molecule has 5 aliphatic rings. The van der Waals surface area contributed by atoms with E-state index < -0.39 is 5.41 Å². The minimum atomic E-state index is -0.417. The van der Waals surface area contributed by atoms with Crippen LogP contribution in [0, 0.1) is 31.1 Å². The summed E-state index contributed by atoms with van der Waals surface area (Å²) in [6.07, 6.45) is 6.05. The minimum Gasteiger partial charge on any atom is -0.486 e. The number of hydrogen-bond acceptors (Lipinski definition) is 5. The second-order valence-electron chi connectivity index (χ2n) is 11.3. The highest BCUT2D eigenvalue weighted by Gasteiger charge is 2.60. The number of hydrogen-bond donors (Lipinski definition) is 0. The van der Waals surface area contributed by atoms with Gasteiger partial charge in [0.15, 0.2) is 24.2 Å². The van der Waals surface area contributed by atoms with Crippen molar-refractivity contribution in [2.75, 3.05) is 13.2 Å². The molecule has 1 aliphatic heterocycles. The highest BCUT2D eigenvalue weighted by molar-refractivity contribution is 9.10. The maximum absolute atomic E-state index is 13.3. The van der Waals surface area contributed by atoms with E-state index in [1.54, 1.807) is 0 Å². The Labute approximate surface area is 214 Å². The number of halogens is 1. The molecule has 0 amide bonds. The molecule has 6 nitrogen and oxygen atoms in total. The number of aromatic nitrogens is 1. The molecule has 0 N–H and O–H groups in total. The van der Waals surface area contributed by atoms with Crippen LogP contribution < -0.4 is 9.47 Å². The lowest BCUT2D eigenvalue weighted by molar-refractivity contribution is -0.168. The fourth-order valence-electron chi connectivity index (χ4n) is 7.47. The molecule has 2 heterocycles. The highest BCUT2D eigenvalue weighted by atomic mass is 79.9. The summed E-state index contributed by atoms with van der Waals surface area (Å²) >= 11 is 3.95. The Morgan fingerprint density at radius 2 is 1.83 bits per heavy atom. The van der Waals surface area contributed by atoms with Crippen molar-refractivity contribution in [2.45, 2.75) is 69.3 Å². The Kier molecular flexibility index (Phi) is 5.55. The van der Waals surface area contributed by atoms with Crippen LogP contribution in [-0.2, 0) is 16.1 Å². The number of carbonyl (C=O) groups excluding carboxylic acids is 2. The van der Waals surface area contributed by atoms with Gasteiger partial charge in [0.25, 0.3) is 0 Å². The van der Waals surface area contributed by atoms with Crippen LogP contribution in [0.1, 0.15) is 60.3 Å². The van der Waals surface area contributed by atoms with E-state index in [-0.39, 0.29) is 28.8 Å². The highest BCUT2D eigenvalue weighted by Crippen LogP contribution is 2.64. The molecule has 1 aromatic carbocycles. The number of carbonyl (C=O) groups is 2. The number of rotatable bonds is 6. The topological polar surface area (TPSA) is 66.8 Å². The third-order valence-corrected chi connectivity index (χ3v) is 9.51. The molecule has 4 fully saturated rings. The summed E-state index contributed by atoms with van der Waals surface area (Å²) in [4.78, 5) is 26.4. The average Bonchev–Trinajstić information content (AvgIpc) is 3.09. The lowest BCUT2D eigenvalue weighted by Crippen LogP contribution is -2.56. The molecule has 4 aliphatic carbocycles. The number of fused-ring (bicyclic) bond motifs is 1. The van der Waals surface area contributed by atoms with Crippen molar-refractivity contribution in [2.24, 2.45) is 17.3 Å². The number of alkyl halides is 1. The summed E-state index contributed by atoms with van der Waals surface area (Å²) in [5.74, 6) is 2.36. The SMILES string of the molecule is Cc1cc(C(=O)COC(=O)C23C[C@H]4C[C@@H](CC(Br)(C4)C2)C3)c(C)n1C[C@@H]1COc2ccccc2O1. The van der Waals surface area contributed by atoms with Gasteiger partial charge in [-0.1, -0.05) is 28.1 Å². The lowest BCUT2D eigenvalue weighted by Gasteiger charge is -2.58. The van der Waals surface area contributed by atoms with Gasteiger partial charge in [0.2, 0.25) is 5.78 Å². The number of ether oxygens (including phenoxy) is 3. The van der Waals surface area contributed by atoms with E-state index in [0.29, 0.717) is 30.6 Å². The van der Waals surface area contributed by atoms with Crippen molar-refractivity contribution >= 4 is 27.7 Å². The molecule has 4 bridgehead atoms. The van der Waals surface area contributed by atoms with Gasteiger partial charge in [-0.05, 0) is 82.4 Å². The normalized spacial score (nSPS) is 32.5. The Balaban J connectivity index is 1.11. The Bertz CT molecular complexity index is 1170. The smallest absolute Gasteiger partial charge is 0.312 e. The molecule has 7 heteroatoms. The van der Waals surface area contributed by atoms with Crippen molar-refractivity contribution < 1.29 is 23.8 Å². The van der Waals surface area contributed by atoms with E-state index in [1.807, 2.05) is 44.2 Å². The molecule has 0 radical (unpaired) electrons. The van der Waals surface area contributed by atoms with Crippen LogP contribution >= 0.6 is 15.9 Å². The summed E-state index contributed by atoms with van der Waals surface area (Å²) in [7, 11) is 0. The third kappa shape index (κ3) is 4.09. The Hall–Kier alpha value is -2.28. The number of para-hydroxylation sites is 2. The largest absolute Gasteiger partial charge is 0.486 e. The lowest BCUT2D eigenvalue weighted by atomic mass is 9.49. The van der Waals surface area contributed by atoms with Crippen LogP contribution in [0.15, 0.2) is 30.3 Å². The van der Waals surface area contributed by atoms with Crippen molar-refractivity contribution in [1.29, 1.82) is 0 Å². The third-order valence-electron chi connectivity index (χ3n) is 8.58. The second-order valence-corrected chi connectivity index (χ2v) is 13.0. The molecule has 7 rings (SSSR count). The molecule has 0 unspecified atom stereocenters. The first-order chi connectivity index (χ1) is 16.7. The zero-order valence-corrected chi connectivity index (χ0v) is 21.9. The van der Waals surface area contributed by atoms with E-state index in [9.17, 15) is 9.59 Å². The van der Waals surface area contributed by atoms with Crippen LogP contribution in [0.2, 0.25) is 0 Å². The van der Waals surface area contributed by atoms with Gasteiger partial charge in [-0.2, -0.15) is 0 Å². The quantitative estimate of drug-likeness (QED) is 0.278. The van der Waals surface area contributed by atoms with E-state index in [4.69, 9.17) is 14.2 Å². The van der Waals surface area contributed by atoms with Gasteiger partial charge < -0.3 is 18.8 Å². The van der Waals surface area contributed by atoms with Gasteiger partial charge in [0.05, 0.1) is 12.0 Å². The number of nitrogens with zero attached hydrogens (tertiary/aromatic N) is 1. The summed E-state index contributed by atoms with van der Waals surface area (Å²) in [6.45, 7) is 4.75. The minimum absolute atomic E-state index is 0.0798. The average molecular weight is 542 g/mol. The van der Waals surface area contributed by atoms with Gasteiger partial charge in [-0.3, -0.25) is 9.59 Å². The molecular weight excluding hydrogens is 510 g/mol. The molecule has 2 aromatic rings. The number of Topliss-reactive ketones (excluding diaryl/α,β-unsaturated/α-hetero) is 1. The maximum Gasteiger partial charge on any atom is 0.312 e. The molecular formula is C28H32BrNO5. The van der Waals surface area contributed by atoms with Crippen LogP contribution in [0.25, 0.3) is 0 Å². The maximum atomic E-state index is 13.3. The fourth-order valence-corrected chi connectivity index (χ4v) is 8.92. The molecule has 0 spiro atoms. The second kappa shape index (κ2) is 8.39. The molecule has 1 aromatic heterocycles. The van der Waals surface area contributed by atoms with Gasteiger partial charge in [-0.25, -0.2) is 0 Å².